The number of pyridine rings is 1. The largest absolute Gasteiger partial charge is 0.487 e. The number of likely N-dealkylation sites (N-methyl/N-ethyl adjacent to an activating group) is 2. The van der Waals surface area contributed by atoms with Crippen LogP contribution in [0.3, 0.4) is 0 Å². The van der Waals surface area contributed by atoms with E-state index < -0.39 is 22.2 Å². The van der Waals surface area contributed by atoms with Crippen LogP contribution in [0.5, 0.6) is 5.75 Å². The number of aliphatic hydroxyl groups excluding tert-OH is 1. The molecule has 1 N–H and O–H groups in total. The third-order valence-corrected chi connectivity index (χ3v) is 8.01. The summed E-state index contributed by atoms with van der Waals surface area (Å²) in [5, 5.41) is 9.77. The topological polar surface area (TPSA) is 103 Å². The van der Waals surface area contributed by atoms with Crippen molar-refractivity contribution in [3.63, 3.8) is 0 Å². The summed E-state index contributed by atoms with van der Waals surface area (Å²) in [6.07, 6.45) is 2.92. The van der Waals surface area contributed by atoms with Gasteiger partial charge in [-0.1, -0.05) is 19.1 Å². The number of benzene rings is 1. The van der Waals surface area contributed by atoms with Gasteiger partial charge in [-0.2, -0.15) is 4.31 Å². The number of carbonyl (C=O) groups is 1. The zero-order valence-corrected chi connectivity index (χ0v) is 21.2. The summed E-state index contributed by atoms with van der Waals surface area (Å²) >= 11 is 0. The van der Waals surface area contributed by atoms with E-state index >= 15 is 0 Å². The minimum Gasteiger partial charge on any atom is -0.487 e. The number of sulfonamides is 1. The number of hydrogen-bond donors (Lipinski definition) is 1. The Labute approximate surface area is 202 Å². The first kappa shape index (κ1) is 26.1. The lowest BCUT2D eigenvalue weighted by Crippen LogP contribution is -2.50. The van der Waals surface area contributed by atoms with Gasteiger partial charge in [0.25, 0.3) is 0 Å². The molecule has 0 spiro atoms. The molecule has 9 nitrogen and oxygen atoms in total. The van der Waals surface area contributed by atoms with E-state index in [4.69, 9.17) is 4.74 Å². The molecule has 34 heavy (non-hydrogen) atoms. The molecule has 0 fully saturated rings. The van der Waals surface area contributed by atoms with E-state index in [1.165, 1.54) is 10.4 Å². The van der Waals surface area contributed by atoms with Crippen LogP contribution in [0.25, 0.3) is 11.1 Å². The number of rotatable bonds is 7. The molecule has 0 aliphatic carbocycles. The minimum atomic E-state index is -3.92. The Morgan fingerprint density at radius 3 is 2.62 bits per heavy atom. The second-order valence-corrected chi connectivity index (χ2v) is 11.0. The second-order valence-electron chi connectivity index (χ2n) is 9.16. The molecule has 1 aliphatic rings. The molecule has 1 aliphatic heterocycles. The quantitative estimate of drug-likeness (QED) is 0.628. The fourth-order valence-corrected chi connectivity index (χ4v) is 5.75. The van der Waals surface area contributed by atoms with E-state index in [0.717, 1.165) is 11.1 Å². The number of aliphatic hydroxyl groups is 1. The molecule has 0 unspecified atom stereocenters. The van der Waals surface area contributed by atoms with Crippen LogP contribution < -0.4 is 4.74 Å². The highest BCUT2D eigenvalue weighted by molar-refractivity contribution is 7.89. The van der Waals surface area contributed by atoms with Crippen LogP contribution in [-0.2, 0) is 14.8 Å². The summed E-state index contributed by atoms with van der Waals surface area (Å²) in [5.74, 6) is -0.0736. The van der Waals surface area contributed by atoms with Gasteiger partial charge in [0.2, 0.25) is 15.9 Å². The van der Waals surface area contributed by atoms with Crippen molar-refractivity contribution in [2.45, 2.75) is 30.9 Å². The molecule has 0 saturated heterocycles. The van der Waals surface area contributed by atoms with Gasteiger partial charge in [-0.15, -0.1) is 0 Å². The van der Waals surface area contributed by atoms with Crippen LogP contribution in [0, 0.1) is 5.92 Å². The summed E-state index contributed by atoms with van der Waals surface area (Å²) in [5.41, 5.74) is 1.60. The lowest BCUT2D eigenvalue weighted by atomic mass is 10.0. The van der Waals surface area contributed by atoms with E-state index in [0.29, 0.717) is 6.54 Å². The van der Waals surface area contributed by atoms with Crippen molar-refractivity contribution in [1.29, 1.82) is 0 Å². The molecule has 0 radical (unpaired) electrons. The zero-order chi connectivity index (χ0) is 25.0. The smallest absolute Gasteiger partial charge is 0.247 e. The van der Waals surface area contributed by atoms with Crippen molar-refractivity contribution in [1.82, 2.24) is 19.1 Å². The number of amides is 1. The van der Waals surface area contributed by atoms with E-state index in [1.807, 2.05) is 33.2 Å². The molecule has 1 aromatic heterocycles. The van der Waals surface area contributed by atoms with Gasteiger partial charge >= 0.3 is 0 Å². The Morgan fingerprint density at radius 2 is 2.00 bits per heavy atom. The molecule has 3 rings (SSSR count). The van der Waals surface area contributed by atoms with E-state index in [-0.39, 0.29) is 42.2 Å². The number of ether oxygens (including phenoxy) is 1. The maximum atomic E-state index is 13.6. The molecule has 1 amide bonds. The second kappa shape index (κ2) is 10.8. The first-order valence-corrected chi connectivity index (χ1v) is 12.7. The fraction of sp³-hybridized carbons (Fsp3) is 0.500. The van der Waals surface area contributed by atoms with E-state index in [2.05, 4.69) is 4.98 Å². The van der Waals surface area contributed by atoms with Crippen LogP contribution in [0.15, 0.2) is 47.6 Å². The Morgan fingerprint density at radius 1 is 1.26 bits per heavy atom. The fourth-order valence-electron chi connectivity index (χ4n) is 3.92. The van der Waals surface area contributed by atoms with Gasteiger partial charge in [0.05, 0.1) is 19.7 Å². The monoisotopic (exact) mass is 490 g/mol. The molecule has 0 saturated carbocycles. The average Bonchev–Trinajstić information content (AvgIpc) is 2.80. The predicted octanol–water partition coefficient (Wildman–Crippen LogP) is 1.54. The van der Waals surface area contributed by atoms with Gasteiger partial charge in [0.15, 0.2) is 0 Å². The summed E-state index contributed by atoms with van der Waals surface area (Å²) in [7, 11) is 1.45. The summed E-state index contributed by atoms with van der Waals surface area (Å²) in [6.45, 7) is 4.00. The maximum Gasteiger partial charge on any atom is 0.247 e. The standard InChI is InChI=1S/C24H34N4O5S/c1-17-13-28(18(2)16-29)34(31,32)23-9-8-19(20-7-6-10-25-12-20)11-21(23)33-22(17)14-27(5)24(30)15-26(3)4/h6-12,17-18,22,29H,13-16H2,1-5H3/t17-,18+,22-/m1/s1. The molecule has 3 atom stereocenters. The number of fused-ring (bicyclic) bond motifs is 1. The van der Waals surface area contributed by atoms with Gasteiger partial charge < -0.3 is 19.6 Å². The number of aromatic nitrogens is 1. The SMILES string of the molecule is C[C@@H]1CN([C@@H](C)CO)S(=O)(=O)c2ccc(-c3cccnc3)cc2O[C@@H]1CN(C)C(=O)CN(C)C. The average molecular weight is 491 g/mol. The minimum absolute atomic E-state index is 0.0413. The van der Waals surface area contributed by atoms with Gasteiger partial charge in [-0.25, -0.2) is 8.42 Å². The Bertz CT molecular complexity index is 1090. The first-order chi connectivity index (χ1) is 16.0. The summed E-state index contributed by atoms with van der Waals surface area (Å²) in [6, 6.07) is 8.07. The van der Waals surface area contributed by atoms with Gasteiger partial charge in [0, 0.05) is 43.5 Å². The molecule has 10 heteroatoms. The highest BCUT2D eigenvalue weighted by atomic mass is 32.2. The Hall–Kier alpha value is -2.53. The van der Waals surface area contributed by atoms with Crippen molar-refractivity contribution in [2.24, 2.45) is 5.92 Å². The van der Waals surface area contributed by atoms with Gasteiger partial charge in [-0.3, -0.25) is 9.78 Å². The Balaban J connectivity index is 2.06. The Kier molecular flexibility index (Phi) is 8.29. The van der Waals surface area contributed by atoms with Crippen molar-refractivity contribution < 1.29 is 23.1 Å². The van der Waals surface area contributed by atoms with Crippen LogP contribution in [0.1, 0.15) is 13.8 Å². The van der Waals surface area contributed by atoms with Crippen LogP contribution >= 0.6 is 0 Å². The highest BCUT2D eigenvalue weighted by Gasteiger charge is 2.38. The molecule has 2 aromatic rings. The third-order valence-electron chi connectivity index (χ3n) is 5.99. The van der Waals surface area contributed by atoms with Crippen molar-refractivity contribution in [3.8, 4) is 16.9 Å². The highest BCUT2D eigenvalue weighted by Crippen LogP contribution is 2.36. The molecule has 186 valence electrons. The van der Waals surface area contributed by atoms with Gasteiger partial charge in [0.1, 0.15) is 16.7 Å². The van der Waals surface area contributed by atoms with E-state index in [9.17, 15) is 18.3 Å². The van der Waals surface area contributed by atoms with Crippen molar-refractivity contribution in [3.05, 3.63) is 42.7 Å². The molecule has 1 aromatic carbocycles. The van der Waals surface area contributed by atoms with Crippen LogP contribution in [0.2, 0.25) is 0 Å². The van der Waals surface area contributed by atoms with Crippen LogP contribution in [-0.4, -0.2) is 98.1 Å². The lowest BCUT2D eigenvalue weighted by molar-refractivity contribution is -0.132. The predicted molar refractivity (Wildman–Crippen MR) is 130 cm³/mol. The molecule has 2 heterocycles. The van der Waals surface area contributed by atoms with E-state index in [1.54, 1.807) is 48.3 Å². The number of hydrogen-bond acceptors (Lipinski definition) is 7. The number of carbonyl (C=O) groups excluding carboxylic acids is 1. The van der Waals surface area contributed by atoms with Crippen molar-refractivity contribution in [2.75, 3.05) is 47.4 Å². The summed E-state index contributed by atoms with van der Waals surface area (Å²) < 4.78 is 34.8. The lowest BCUT2D eigenvalue weighted by Gasteiger charge is -2.37. The van der Waals surface area contributed by atoms with Crippen molar-refractivity contribution >= 4 is 15.9 Å². The van der Waals surface area contributed by atoms with Crippen LogP contribution in [0.4, 0.5) is 0 Å². The normalized spacial score (nSPS) is 21.1. The molecule has 0 bridgehead atoms. The maximum absolute atomic E-state index is 13.6. The summed E-state index contributed by atoms with van der Waals surface area (Å²) in [4.78, 5) is 20.2. The first-order valence-electron chi connectivity index (χ1n) is 11.3. The van der Waals surface area contributed by atoms with Gasteiger partial charge in [-0.05, 0) is 44.8 Å². The third kappa shape index (κ3) is 5.75. The molecular weight excluding hydrogens is 456 g/mol. The molecular formula is C24H34N4O5S. The zero-order valence-electron chi connectivity index (χ0n) is 20.4. The number of nitrogens with zero attached hydrogens (tertiary/aromatic N) is 4.